The average molecular weight is 1010 g/mol. The summed E-state index contributed by atoms with van der Waals surface area (Å²) in [5.74, 6) is -5.16. The quantitative estimate of drug-likeness (QED) is 0.0287. The van der Waals surface area contributed by atoms with Gasteiger partial charge >= 0.3 is 32.4 Å². The maximum Gasteiger partial charge on any atom is 2.00 e. The number of nitrogens with zero attached hydrogens (tertiary/aromatic N) is 2. The number of phenols is 2. The van der Waals surface area contributed by atoms with E-state index in [0.29, 0.717) is 24.0 Å². The second-order valence-corrected chi connectivity index (χ2v) is 16.8. The van der Waals surface area contributed by atoms with Crippen LogP contribution in [0.5, 0.6) is 23.0 Å². The van der Waals surface area contributed by atoms with E-state index in [-0.39, 0.29) is 31.5 Å². The van der Waals surface area contributed by atoms with Gasteiger partial charge in [-0.15, -0.1) is 0 Å². The molecular formula is C56H78N2O8Pd. The Hall–Kier alpha value is -4.98. The summed E-state index contributed by atoms with van der Waals surface area (Å²) in [6, 6.07) is 19.1. The summed E-state index contributed by atoms with van der Waals surface area (Å²) >= 11 is 0. The first-order chi connectivity index (χ1) is 31.7. The van der Waals surface area contributed by atoms with Crippen molar-refractivity contribution in [2.24, 2.45) is 9.98 Å². The Labute approximate surface area is 415 Å². The van der Waals surface area contributed by atoms with Crippen LogP contribution in [0.1, 0.15) is 199 Å². The largest absolute Gasteiger partial charge is 2.00 e. The summed E-state index contributed by atoms with van der Waals surface area (Å²) in [5, 5.41) is 58.7. The SMILES string of the molecule is CCCCCCCCC(=Nc1ccc(CC)c(CC)c1)C(CCCC)=Nc1ccc(CC)c(CC)c1.CCCCc1ccc(O)c([O-])c1C(=O)O.CCCCc1ccc(O)c([O-])c1C(=O)O.[Pd+2]. The van der Waals surface area contributed by atoms with Crippen molar-refractivity contribution in [3.8, 4) is 23.0 Å². The fraction of sp³-hybridized carbons (Fsp3) is 0.500. The fourth-order valence-electron chi connectivity index (χ4n) is 7.81. The molecule has 0 aliphatic heterocycles. The van der Waals surface area contributed by atoms with Crippen LogP contribution in [-0.4, -0.2) is 43.8 Å². The van der Waals surface area contributed by atoms with Gasteiger partial charge in [0.2, 0.25) is 0 Å². The van der Waals surface area contributed by atoms with E-state index < -0.39 is 34.9 Å². The van der Waals surface area contributed by atoms with E-state index in [0.717, 1.165) is 82.0 Å². The van der Waals surface area contributed by atoms with Gasteiger partial charge in [-0.25, -0.2) is 9.59 Å². The standard InChI is InChI=1S/C34H52N2.2C11H14O4.Pd/c1-7-13-15-16-17-18-20-34(36-32-24-22-28(10-4)30(12-6)26-32)33(19-14-8-2)35-31-23-21-27(9-3)29(11-5)25-31;2*1-2-3-4-7-5-6-8(12)10(13)9(7)11(14)15;/h21-26H,7-20H2,1-6H3;2*5-6,12-13H,2-4H2,1H3,(H,14,15);/q;;;+2/p-2. The number of carboxylic acids is 2. The maximum absolute atomic E-state index is 11.4. The topological polar surface area (TPSA) is 186 Å². The average Bonchev–Trinajstić information content (AvgIpc) is 3.31. The first-order valence-corrected chi connectivity index (χ1v) is 24.6. The maximum atomic E-state index is 11.4. The summed E-state index contributed by atoms with van der Waals surface area (Å²) in [7, 11) is 0. The molecule has 67 heavy (non-hydrogen) atoms. The fourth-order valence-corrected chi connectivity index (χ4v) is 7.81. The number of aryl methyl sites for hydroxylation is 6. The van der Waals surface area contributed by atoms with Crippen molar-refractivity contribution in [2.75, 3.05) is 0 Å². The van der Waals surface area contributed by atoms with Crippen molar-refractivity contribution in [1.82, 2.24) is 0 Å². The van der Waals surface area contributed by atoms with E-state index in [9.17, 15) is 19.8 Å². The van der Waals surface area contributed by atoms with Crippen LogP contribution >= 0.6 is 0 Å². The summed E-state index contributed by atoms with van der Waals surface area (Å²) in [6.45, 7) is 17.5. The van der Waals surface area contributed by atoms with Crippen molar-refractivity contribution in [1.29, 1.82) is 0 Å². The number of phenolic OH excluding ortho intramolecular Hbond substituents is 2. The molecule has 370 valence electrons. The van der Waals surface area contributed by atoms with Crippen molar-refractivity contribution in [3.63, 3.8) is 0 Å². The zero-order valence-corrected chi connectivity index (χ0v) is 43.1. The Morgan fingerprint density at radius 1 is 0.448 bits per heavy atom. The van der Waals surface area contributed by atoms with Gasteiger partial charge in [0.15, 0.2) is 0 Å². The number of aliphatic imine (C=N–C) groups is 2. The third-order valence-corrected chi connectivity index (χ3v) is 11.8. The normalized spacial score (nSPS) is 11.2. The van der Waals surface area contributed by atoms with Crippen LogP contribution in [0.25, 0.3) is 0 Å². The molecule has 0 fully saturated rings. The molecule has 4 aromatic rings. The van der Waals surface area contributed by atoms with E-state index in [1.54, 1.807) is 0 Å². The number of benzene rings is 4. The number of hydrogen-bond donors (Lipinski definition) is 4. The van der Waals surface area contributed by atoms with Gasteiger partial charge in [-0.3, -0.25) is 9.98 Å². The van der Waals surface area contributed by atoms with E-state index in [1.807, 2.05) is 13.8 Å². The van der Waals surface area contributed by atoms with Crippen LogP contribution in [0.15, 0.2) is 70.6 Å². The number of aromatic hydroxyl groups is 2. The second-order valence-electron chi connectivity index (χ2n) is 16.8. The summed E-state index contributed by atoms with van der Waals surface area (Å²) in [6.07, 6.45) is 21.0. The minimum absolute atomic E-state index is 0. The smallest absolute Gasteiger partial charge is 0.869 e. The van der Waals surface area contributed by atoms with Gasteiger partial charge in [-0.2, -0.15) is 0 Å². The van der Waals surface area contributed by atoms with Crippen LogP contribution in [0.3, 0.4) is 0 Å². The zero-order valence-electron chi connectivity index (χ0n) is 41.5. The Morgan fingerprint density at radius 2 is 0.791 bits per heavy atom. The Kier molecular flexibility index (Phi) is 30.0. The summed E-state index contributed by atoms with van der Waals surface area (Å²) in [5.41, 5.74) is 10.7. The Balaban J connectivity index is 0.000000593. The molecule has 0 saturated heterocycles. The van der Waals surface area contributed by atoms with Gasteiger partial charge in [0.05, 0.1) is 33.9 Å². The molecule has 0 amide bonds. The molecule has 4 N–H and O–H groups in total. The molecule has 0 aliphatic rings. The molecule has 0 aromatic heterocycles. The predicted octanol–water partition coefficient (Wildman–Crippen LogP) is 13.7. The molecular weight excluding hydrogens is 935 g/mol. The first kappa shape index (κ1) is 60.0. The molecule has 4 rings (SSSR count). The third-order valence-electron chi connectivity index (χ3n) is 11.8. The molecule has 0 aliphatic carbocycles. The molecule has 0 heterocycles. The molecule has 0 saturated carbocycles. The molecule has 0 unspecified atom stereocenters. The minimum Gasteiger partial charge on any atom is -0.869 e. The molecule has 10 nitrogen and oxygen atoms in total. The number of hydrogen-bond acceptors (Lipinski definition) is 8. The molecule has 4 aromatic carbocycles. The van der Waals surface area contributed by atoms with Crippen LogP contribution in [-0.2, 0) is 58.9 Å². The molecule has 0 atom stereocenters. The molecule has 0 radical (unpaired) electrons. The predicted molar refractivity (Wildman–Crippen MR) is 268 cm³/mol. The van der Waals surface area contributed by atoms with Gasteiger partial charge < -0.3 is 30.6 Å². The molecule has 11 heteroatoms. The number of unbranched alkanes of at least 4 members (excludes halogenated alkanes) is 8. The van der Waals surface area contributed by atoms with Gasteiger partial charge in [0, 0.05) is 0 Å². The van der Waals surface area contributed by atoms with Gasteiger partial charge in [-0.05, 0) is 147 Å². The van der Waals surface area contributed by atoms with Gasteiger partial charge in [-0.1, -0.05) is 143 Å². The van der Waals surface area contributed by atoms with Crippen LogP contribution in [0, 0.1) is 0 Å². The van der Waals surface area contributed by atoms with E-state index in [1.165, 1.54) is 103 Å². The number of carboxylic acid groups (broad SMARTS) is 2. The minimum atomic E-state index is -1.28. The molecule has 0 spiro atoms. The first-order valence-electron chi connectivity index (χ1n) is 24.6. The number of carbonyl (C=O) groups is 2. The van der Waals surface area contributed by atoms with E-state index >= 15 is 0 Å². The van der Waals surface area contributed by atoms with Crippen molar-refractivity contribution >= 4 is 34.7 Å². The Bertz CT molecular complexity index is 2110. The van der Waals surface area contributed by atoms with E-state index in [2.05, 4.69) is 77.9 Å². The number of aromatic carboxylic acids is 2. The zero-order chi connectivity index (χ0) is 49.0. The van der Waals surface area contributed by atoms with E-state index in [4.69, 9.17) is 30.4 Å². The van der Waals surface area contributed by atoms with Gasteiger partial charge in [0.25, 0.3) is 0 Å². The molecule has 0 bridgehead atoms. The number of rotatable bonds is 25. The third kappa shape index (κ3) is 20.0. The van der Waals surface area contributed by atoms with Crippen LogP contribution < -0.4 is 10.2 Å². The summed E-state index contributed by atoms with van der Waals surface area (Å²) < 4.78 is 0. The van der Waals surface area contributed by atoms with Crippen molar-refractivity contribution in [3.05, 3.63) is 105 Å². The summed E-state index contributed by atoms with van der Waals surface area (Å²) in [4.78, 5) is 32.2. The van der Waals surface area contributed by atoms with Crippen molar-refractivity contribution < 1.29 is 60.7 Å². The van der Waals surface area contributed by atoms with Crippen molar-refractivity contribution in [2.45, 2.75) is 184 Å². The Morgan fingerprint density at radius 3 is 1.15 bits per heavy atom. The monoisotopic (exact) mass is 1010 g/mol. The van der Waals surface area contributed by atoms with Crippen LogP contribution in [0.4, 0.5) is 11.4 Å². The van der Waals surface area contributed by atoms with Gasteiger partial charge in [0.1, 0.15) is 11.5 Å². The second kappa shape index (κ2) is 33.5. The van der Waals surface area contributed by atoms with Crippen LogP contribution in [0.2, 0.25) is 0 Å².